The van der Waals surface area contributed by atoms with Crippen LogP contribution >= 0.6 is 0 Å². The van der Waals surface area contributed by atoms with Crippen molar-refractivity contribution in [2.75, 3.05) is 0 Å². The summed E-state index contributed by atoms with van der Waals surface area (Å²) in [5, 5.41) is 0. The SMILES string of the molecule is [Ge].[Ge].[Ge].[Ge].[Ge].[Ge].[Ge].[Ge].[Yb].[Yb].[Yb]. The predicted octanol–water partition coefficient (Wildman–Crippen LogP) is -3.05. The molecule has 0 atom stereocenters. The summed E-state index contributed by atoms with van der Waals surface area (Å²) in [6.07, 6.45) is 0. The molecule has 11 heavy (non-hydrogen) atoms. The Kier molecular flexibility index (Phi) is 624. The van der Waals surface area contributed by atoms with E-state index in [4.69, 9.17) is 0 Å². The Bertz CT molecular complexity index is 9.30. The van der Waals surface area contributed by atoms with Gasteiger partial charge in [-0.15, -0.1) is 0 Å². The molecule has 0 nitrogen and oxygen atoms in total. The van der Waals surface area contributed by atoms with Crippen LogP contribution in [0.25, 0.3) is 0 Å². The number of hydrogen-bond donors (Lipinski definition) is 0. The Balaban J connectivity index is 0. The minimum Gasteiger partial charge on any atom is 0 e. The van der Waals surface area contributed by atoms with E-state index in [9.17, 15) is 0 Å². The Hall–Kier alpha value is 8.90. The summed E-state index contributed by atoms with van der Waals surface area (Å²) in [4.78, 5) is 0. The van der Waals surface area contributed by atoms with Crippen molar-refractivity contribution in [3.8, 4) is 0 Å². The monoisotopic (exact) mass is 1110 g/mol. The van der Waals surface area contributed by atoms with E-state index >= 15 is 0 Å². The second-order valence-electron chi connectivity index (χ2n) is 0. The molecule has 0 heterocycles. The van der Waals surface area contributed by atoms with Crippen molar-refractivity contribution >= 4 is 141 Å². The zero-order valence-corrected chi connectivity index (χ0v) is 26.7. The van der Waals surface area contributed by atoms with Crippen molar-refractivity contribution in [2.45, 2.75) is 0 Å². The van der Waals surface area contributed by atoms with Gasteiger partial charge in [0.2, 0.25) is 0 Å². The number of hydrogen-bond acceptors (Lipinski definition) is 0. The third kappa shape index (κ3) is 68.1. The van der Waals surface area contributed by atoms with Crippen LogP contribution in [-0.2, 0) is 0 Å². The molecule has 0 unspecified atom stereocenters. The van der Waals surface area contributed by atoms with Gasteiger partial charge in [0.1, 0.15) is 0 Å². The normalized spacial score (nSPS) is 0. The molecule has 0 saturated carbocycles. The van der Waals surface area contributed by atoms with Gasteiger partial charge in [0.15, 0.2) is 0 Å². The Morgan fingerprint density at radius 1 is 0.182 bits per heavy atom. The predicted molar refractivity (Wildman–Crippen MR) is 46.0 cm³/mol. The fraction of sp³-hybridized carbons (Fsp3) is 0. The van der Waals surface area contributed by atoms with Gasteiger partial charge in [-0.05, 0) is 0 Å². The molecule has 0 bridgehead atoms. The first-order valence-electron chi connectivity index (χ1n) is 0. The van der Waals surface area contributed by atoms with E-state index in [1.807, 2.05) is 0 Å². The Morgan fingerprint density at radius 3 is 0.182 bits per heavy atom. The second kappa shape index (κ2) is 76.4. The zero-order chi connectivity index (χ0) is 0. The largest absolute Gasteiger partial charge is 0 e. The molecule has 32 radical (unpaired) electrons. The van der Waals surface area contributed by atoms with Gasteiger partial charge in [-0.2, -0.15) is 0 Å². The van der Waals surface area contributed by atoms with Gasteiger partial charge in [-0.25, -0.2) is 0 Å². The van der Waals surface area contributed by atoms with Gasteiger partial charge in [-0.1, -0.05) is 0 Å². The topological polar surface area (TPSA) is 0 Å². The molecule has 0 aromatic rings. The molecule has 0 spiro atoms. The minimum atomic E-state index is 0. The van der Waals surface area contributed by atoms with E-state index in [0.29, 0.717) is 0 Å². The maximum absolute atomic E-state index is 0. The average molecular weight is 1100 g/mol. The molecule has 0 rings (SSSR count). The van der Waals surface area contributed by atoms with E-state index in [2.05, 4.69) is 0 Å². The van der Waals surface area contributed by atoms with Crippen LogP contribution in [0.5, 0.6) is 0 Å². The van der Waals surface area contributed by atoms with Gasteiger partial charge in [-0.3, -0.25) is 0 Å². The van der Waals surface area contributed by atoms with Gasteiger partial charge >= 0.3 is 0 Å². The molecule has 0 aliphatic heterocycles. The molecule has 0 saturated heterocycles. The summed E-state index contributed by atoms with van der Waals surface area (Å²) in [7, 11) is 0. The summed E-state index contributed by atoms with van der Waals surface area (Å²) in [6.45, 7) is 0. The van der Waals surface area contributed by atoms with E-state index < -0.39 is 0 Å². The van der Waals surface area contributed by atoms with Crippen LogP contribution in [-0.4, -0.2) is 141 Å². The smallest absolute Gasteiger partial charge is 0 e. The molecular weight excluding hydrogens is 1100 g/mol. The van der Waals surface area contributed by atoms with Crippen LogP contribution in [0.2, 0.25) is 0 Å². The zero-order valence-electron chi connectivity index (χ0n) is 4.80. The fourth-order valence-corrected chi connectivity index (χ4v) is 0. The van der Waals surface area contributed by atoms with Crippen LogP contribution < -0.4 is 0 Å². The Labute approximate surface area is 272 Å². The van der Waals surface area contributed by atoms with E-state index in [0.717, 1.165) is 0 Å². The van der Waals surface area contributed by atoms with Gasteiger partial charge in [0.05, 0.1) is 0 Å². The summed E-state index contributed by atoms with van der Waals surface area (Å²) in [6, 6.07) is 0. The van der Waals surface area contributed by atoms with Crippen molar-refractivity contribution in [1.82, 2.24) is 0 Å². The molecule has 0 aliphatic carbocycles. The second-order valence-corrected chi connectivity index (χ2v) is 0. The molecule has 0 N–H and O–H groups in total. The van der Waals surface area contributed by atoms with Crippen LogP contribution in [0, 0.1) is 141 Å². The Morgan fingerprint density at radius 2 is 0.182 bits per heavy atom. The third-order valence-electron chi connectivity index (χ3n) is 0. The molecule has 0 aliphatic rings. The molecule has 0 amide bonds. The molecule has 0 aromatic heterocycles. The quantitative estimate of drug-likeness (QED) is 0.227. The summed E-state index contributed by atoms with van der Waals surface area (Å²) in [5.74, 6) is 0. The van der Waals surface area contributed by atoms with E-state index in [-0.39, 0.29) is 282 Å². The maximum atomic E-state index is 0. The first-order valence-corrected chi connectivity index (χ1v) is 0. The van der Waals surface area contributed by atoms with Gasteiger partial charge in [0.25, 0.3) is 0 Å². The molecule has 0 aromatic carbocycles. The van der Waals surface area contributed by atoms with Crippen LogP contribution in [0.3, 0.4) is 0 Å². The molecule has 74 valence electrons. The summed E-state index contributed by atoms with van der Waals surface area (Å²) in [5.41, 5.74) is 0. The van der Waals surface area contributed by atoms with Gasteiger partial charge < -0.3 is 0 Å². The van der Waals surface area contributed by atoms with Crippen molar-refractivity contribution < 1.29 is 141 Å². The van der Waals surface area contributed by atoms with Crippen molar-refractivity contribution in [2.24, 2.45) is 0 Å². The third-order valence-corrected chi connectivity index (χ3v) is 0. The minimum absolute atomic E-state index is 0. The fourth-order valence-electron chi connectivity index (χ4n) is 0. The van der Waals surface area contributed by atoms with E-state index in [1.54, 1.807) is 0 Å². The molecular formula is Ge8Yb3. The first kappa shape index (κ1) is 89.7. The first-order chi connectivity index (χ1) is 0. The van der Waals surface area contributed by atoms with Crippen LogP contribution in [0.15, 0.2) is 0 Å². The average Bonchev–Trinajstić information content (AvgIpc) is 0. The molecule has 11 heteroatoms. The van der Waals surface area contributed by atoms with E-state index in [1.165, 1.54) is 0 Å². The summed E-state index contributed by atoms with van der Waals surface area (Å²) < 4.78 is 0. The molecule has 0 fully saturated rings. The van der Waals surface area contributed by atoms with Crippen LogP contribution in [0.4, 0.5) is 0 Å². The maximum Gasteiger partial charge on any atom is 0 e. The standard InChI is InChI=1S/8Ge.3Yb. The van der Waals surface area contributed by atoms with Crippen molar-refractivity contribution in [3.63, 3.8) is 0 Å². The summed E-state index contributed by atoms with van der Waals surface area (Å²) >= 11 is 0. The van der Waals surface area contributed by atoms with Crippen molar-refractivity contribution in [3.05, 3.63) is 0 Å². The van der Waals surface area contributed by atoms with Crippen molar-refractivity contribution in [1.29, 1.82) is 0 Å². The van der Waals surface area contributed by atoms with Gasteiger partial charge in [0, 0.05) is 282 Å². The van der Waals surface area contributed by atoms with Crippen LogP contribution in [0.1, 0.15) is 0 Å². The number of rotatable bonds is 0.